The van der Waals surface area contributed by atoms with Gasteiger partial charge < -0.3 is 25.8 Å². The second kappa shape index (κ2) is 5.98. The van der Waals surface area contributed by atoms with E-state index in [1.165, 1.54) is 12.1 Å². The van der Waals surface area contributed by atoms with Gasteiger partial charge in [-0.2, -0.15) is 13.2 Å². The van der Waals surface area contributed by atoms with Crippen molar-refractivity contribution in [1.82, 2.24) is 5.32 Å². The third-order valence-corrected chi connectivity index (χ3v) is 2.62. The molecule has 0 aliphatic carbocycles. The Bertz CT molecular complexity index is 534. The fourth-order valence-corrected chi connectivity index (χ4v) is 1.68. The quantitative estimate of drug-likeness (QED) is 0.731. The van der Waals surface area contributed by atoms with E-state index in [2.05, 4.69) is 5.32 Å². The molecule has 1 aromatic carbocycles. The van der Waals surface area contributed by atoms with Gasteiger partial charge in [0.25, 0.3) is 0 Å². The van der Waals surface area contributed by atoms with Crippen LogP contribution < -0.4 is 25.8 Å². The van der Waals surface area contributed by atoms with Crippen molar-refractivity contribution in [2.75, 3.05) is 30.8 Å². The lowest BCUT2D eigenvalue weighted by atomic mass is 10.2. The fourth-order valence-electron chi connectivity index (χ4n) is 1.68. The number of nitrogens with two attached hydrogens (primary N) is 1. The molecule has 116 valence electrons. The Balaban J connectivity index is 2.06. The van der Waals surface area contributed by atoms with Crippen molar-refractivity contribution in [3.63, 3.8) is 0 Å². The summed E-state index contributed by atoms with van der Waals surface area (Å²) in [6, 6.07) is 1.87. The summed E-state index contributed by atoms with van der Waals surface area (Å²) >= 11 is 0. The number of hydrogen-bond donors (Lipinski definition) is 3. The summed E-state index contributed by atoms with van der Waals surface area (Å²) in [4.78, 5) is 11.4. The van der Waals surface area contributed by atoms with Crippen LogP contribution in [0.2, 0.25) is 0 Å². The number of alkyl halides is 3. The topological polar surface area (TPSA) is 85.6 Å². The highest BCUT2D eigenvalue weighted by Gasteiger charge is 2.27. The zero-order chi connectivity index (χ0) is 15.5. The first-order chi connectivity index (χ1) is 9.85. The number of halogens is 3. The lowest BCUT2D eigenvalue weighted by Gasteiger charge is -2.14. The Kier molecular flexibility index (Phi) is 4.29. The second-order valence-electron chi connectivity index (χ2n) is 4.36. The van der Waals surface area contributed by atoms with Gasteiger partial charge >= 0.3 is 12.2 Å². The van der Waals surface area contributed by atoms with E-state index in [9.17, 15) is 18.0 Å². The number of nitrogens with one attached hydrogen (secondary N) is 2. The predicted octanol–water partition coefficient (Wildman–Crippen LogP) is 2.11. The molecule has 1 heterocycles. The van der Waals surface area contributed by atoms with Crippen molar-refractivity contribution < 1.29 is 27.4 Å². The first-order valence-corrected chi connectivity index (χ1v) is 6.16. The monoisotopic (exact) mass is 305 g/mol. The summed E-state index contributed by atoms with van der Waals surface area (Å²) in [5.41, 5.74) is 6.05. The van der Waals surface area contributed by atoms with Crippen LogP contribution in [0, 0.1) is 0 Å². The fraction of sp³-hybridized carbons (Fsp3) is 0.417. The van der Waals surface area contributed by atoms with Gasteiger partial charge in [0.15, 0.2) is 11.5 Å². The number of anilines is 2. The van der Waals surface area contributed by atoms with Crippen LogP contribution in [-0.2, 0) is 0 Å². The average Bonchev–Trinajstić information content (AvgIpc) is 2.61. The molecule has 9 heteroatoms. The summed E-state index contributed by atoms with van der Waals surface area (Å²) in [6.45, 7) is -0.509. The van der Waals surface area contributed by atoms with Gasteiger partial charge in [0.05, 0.1) is 24.6 Å². The van der Waals surface area contributed by atoms with Gasteiger partial charge in [-0.1, -0.05) is 0 Å². The molecule has 0 unspecified atom stereocenters. The van der Waals surface area contributed by atoms with Crippen LogP contribution in [-0.4, -0.2) is 32.0 Å². The maximum Gasteiger partial charge on any atom is 0.405 e. The molecular formula is C12H14F3N3O3. The Morgan fingerprint density at radius 2 is 1.86 bits per heavy atom. The number of amides is 2. The van der Waals surface area contributed by atoms with Crippen molar-refractivity contribution in [3.05, 3.63) is 12.1 Å². The smallest absolute Gasteiger partial charge is 0.405 e. The number of hydrogen-bond acceptors (Lipinski definition) is 4. The van der Waals surface area contributed by atoms with Crippen LogP contribution in [0.4, 0.5) is 29.3 Å². The zero-order valence-corrected chi connectivity index (χ0v) is 10.9. The first-order valence-electron chi connectivity index (χ1n) is 6.16. The molecule has 0 radical (unpaired) electrons. The normalized spacial score (nSPS) is 14.2. The number of carbonyl (C=O) groups is 1. The summed E-state index contributed by atoms with van der Waals surface area (Å²) in [6.07, 6.45) is -3.78. The molecule has 1 aliphatic heterocycles. The average molecular weight is 305 g/mol. The second-order valence-corrected chi connectivity index (χ2v) is 4.36. The summed E-state index contributed by atoms with van der Waals surface area (Å²) in [5, 5.41) is 3.93. The lowest BCUT2D eigenvalue weighted by Crippen LogP contribution is -2.36. The number of rotatable bonds is 2. The van der Waals surface area contributed by atoms with E-state index in [0.29, 0.717) is 31.1 Å². The van der Waals surface area contributed by atoms with Crippen molar-refractivity contribution in [3.8, 4) is 11.5 Å². The van der Waals surface area contributed by atoms with E-state index >= 15 is 0 Å². The van der Waals surface area contributed by atoms with E-state index < -0.39 is 18.8 Å². The lowest BCUT2D eigenvalue weighted by molar-refractivity contribution is -0.122. The number of nitrogen functional groups attached to an aromatic ring is 1. The molecule has 0 saturated heterocycles. The van der Waals surface area contributed by atoms with Crippen LogP contribution in [0.1, 0.15) is 6.42 Å². The van der Waals surface area contributed by atoms with Crippen LogP contribution in [0.15, 0.2) is 12.1 Å². The van der Waals surface area contributed by atoms with Gasteiger partial charge in [0, 0.05) is 18.6 Å². The highest BCUT2D eigenvalue weighted by Crippen LogP contribution is 2.36. The minimum atomic E-state index is -4.48. The molecule has 0 saturated carbocycles. The van der Waals surface area contributed by atoms with Gasteiger partial charge in [0.1, 0.15) is 6.54 Å². The maximum absolute atomic E-state index is 12.0. The molecule has 0 bridgehead atoms. The zero-order valence-electron chi connectivity index (χ0n) is 10.9. The molecule has 4 N–H and O–H groups in total. The molecule has 0 aromatic heterocycles. The molecule has 2 rings (SSSR count). The van der Waals surface area contributed by atoms with Gasteiger partial charge in [-0.3, -0.25) is 0 Å². The van der Waals surface area contributed by atoms with E-state index in [4.69, 9.17) is 15.2 Å². The molecule has 0 spiro atoms. The third kappa shape index (κ3) is 4.33. The molecule has 0 atom stereocenters. The van der Waals surface area contributed by atoms with Crippen molar-refractivity contribution in [1.29, 1.82) is 0 Å². The highest BCUT2D eigenvalue weighted by molar-refractivity contribution is 5.93. The van der Waals surface area contributed by atoms with Crippen molar-refractivity contribution in [2.24, 2.45) is 0 Å². The Morgan fingerprint density at radius 1 is 1.24 bits per heavy atom. The molecule has 21 heavy (non-hydrogen) atoms. The van der Waals surface area contributed by atoms with E-state index in [1.807, 2.05) is 0 Å². The minimum Gasteiger partial charge on any atom is -0.489 e. The van der Waals surface area contributed by atoms with Crippen molar-refractivity contribution >= 4 is 17.4 Å². The molecule has 1 aromatic rings. The molecule has 0 fully saturated rings. The van der Waals surface area contributed by atoms with Gasteiger partial charge in [-0.05, 0) is 0 Å². The van der Waals surface area contributed by atoms with Gasteiger partial charge in [0.2, 0.25) is 0 Å². The van der Waals surface area contributed by atoms with Crippen molar-refractivity contribution in [2.45, 2.75) is 12.6 Å². The van der Waals surface area contributed by atoms with Gasteiger partial charge in [-0.15, -0.1) is 0 Å². The SMILES string of the molecule is Nc1cc2c(cc1NC(=O)NCC(F)(F)F)OCCCO2. The summed E-state index contributed by atoms with van der Waals surface area (Å²) < 4.78 is 46.8. The van der Waals surface area contributed by atoms with Gasteiger partial charge in [-0.25, -0.2) is 4.79 Å². The molecule has 2 amide bonds. The highest BCUT2D eigenvalue weighted by atomic mass is 19.4. The summed E-state index contributed by atoms with van der Waals surface area (Å²) in [7, 11) is 0. The standard InChI is InChI=1S/C12H14F3N3O3/c13-12(14,15)6-17-11(19)18-8-5-10-9(4-7(8)16)20-2-1-3-21-10/h4-5H,1-3,6,16H2,(H2,17,18,19). The number of ether oxygens (including phenoxy) is 2. The van der Waals surface area contributed by atoms with Crippen LogP contribution in [0.5, 0.6) is 11.5 Å². The van der Waals surface area contributed by atoms with E-state index in [1.54, 1.807) is 5.32 Å². The number of fused-ring (bicyclic) bond motifs is 1. The predicted molar refractivity (Wildman–Crippen MR) is 69.5 cm³/mol. The maximum atomic E-state index is 12.0. The van der Waals surface area contributed by atoms with Crippen LogP contribution >= 0.6 is 0 Å². The Labute approximate surface area is 118 Å². The van der Waals surface area contributed by atoms with Crippen LogP contribution in [0.25, 0.3) is 0 Å². The van der Waals surface area contributed by atoms with E-state index in [-0.39, 0.29) is 11.4 Å². The minimum absolute atomic E-state index is 0.152. The van der Waals surface area contributed by atoms with Crippen LogP contribution in [0.3, 0.4) is 0 Å². The Hall–Kier alpha value is -2.32. The molecule has 1 aliphatic rings. The molecule has 6 nitrogen and oxygen atoms in total. The Morgan fingerprint density at radius 3 is 2.48 bits per heavy atom. The summed E-state index contributed by atoms with van der Waals surface area (Å²) in [5.74, 6) is 0.819. The number of benzene rings is 1. The first kappa shape index (κ1) is 15.1. The third-order valence-electron chi connectivity index (χ3n) is 2.62. The largest absolute Gasteiger partial charge is 0.489 e. The van der Waals surface area contributed by atoms with E-state index in [0.717, 1.165) is 0 Å². The molecular weight excluding hydrogens is 291 g/mol. The number of urea groups is 1. The number of carbonyl (C=O) groups excluding carboxylic acids is 1.